The summed E-state index contributed by atoms with van der Waals surface area (Å²) in [6, 6.07) is 0. The van der Waals surface area contributed by atoms with E-state index in [-0.39, 0.29) is 0 Å². The molecule has 1 rings (SSSR count). The number of hydrogen-bond acceptors (Lipinski definition) is 0. The summed E-state index contributed by atoms with van der Waals surface area (Å²) >= 11 is 0. The predicted octanol–water partition coefficient (Wildman–Crippen LogP) is 2.01. The second kappa shape index (κ2) is 1.63. The van der Waals surface area contributed by atoms with Gasteiger partial charge in [-0.2, -0.15) is 0 Å². The Kier molecular flexibility index (Phi) is 1.13. The molecule has 1 saturated carbocycles. The maximum absolute atomic E-state index is 2.38. The van der Waals surface area contributed by atoms with E-state index in [9.17, 15) is 0 Å². The van der Waals surface area contributed by atoms with E-state index in [1.807, 2.05) is 0 Å². The molecule has 0 spiro atoms. The summed E-state index contributed by atoms with van der Waals surface area (Å²) in [6.45, 7) is 2.31. The second-order valence-corrected chi connectivity index (χ2v) is 2.21. The molecule has 1 fully saturated rings. The van der Waals surface area contributed by atoms with E-state index in [1.165, 1.54) is 19.3 Å². The summed E-state index contributed by atoms with van der Waals surface area (Å²) in [7, 11) is 0. The Bertz CT molecular complexity index is 33.3. The summed E-state index contributed by atoms with van der Waals surface area (Å²) in [5.41, 5.74) is 0. The largest absolute Gasteiger partial charge is 0.0625 e. The van der Waals surface area contributed by atoms with E-state index < -0.39 is 0 Å². The molecular weight excluding hydrogens is 72.1 g/mol. The fraction of sp³-hybridized carbons (Fsp3) is 0.833. The summed E-state index contributed by atoms with van der Waals surface area (Å²) < 4.78 is 0. The Morgan fingerprint density at radius 3 is 2.67 bits per heavy atom. The molecule has 0 bridgehead atoms. The molecular formula is C6H11. The van der Waals surface area contributed by atoms with Crippen LogP contribution in [0.4, 0.5) is 0 Å². The third-order valence-corrected chi connectivity index (χ3v) is 1.43. The smallest absolute Gasteiger partial charge is 0.0383 e. The van der Waals surface area contributed by atoms with Gasteiger partial charge in [-0.1, -0.05) is 13.3 Å². The van der Waals surface area contributed by atoms with Gasteiger partial charge in [0.2, 0.25) is 0 Å². The third kappa shape index (κ3) is 0.735. The van der Waals surface area contributed by atoms with Crippen molar-refractivity contribution in [2.24, 2.45) is 5.92 Å². The average Bonchev–Trinajstić information content (AvgIpc) is 1.86. The first-order chi connectivity index (χ1) is 2.89. The highest BCUT2D eigenvalue weighted by molar-refractivity contribution is 4.77. The van der Waals surface area contributed by atoms with Crippen molar-refractivity contribution in [3.05, 3.63) is 6.42 Å². The van der Waals surface area contributed by atoms with Crippen molar-refractivity contribution in [2.75, 3.05) is 0 Å². The zero-order chi connectivity index (χ0) is 4.41. The van der Waals surface area contributed by atoms with Crippen molar-refractivity contribution in [1.29, 1.82) is 0 Å². The molecule has 0 aromatic carbocycles. The van der Waals surface area contributed by atoms with Crippen LogP contribution in [0, 0.1) is 12.3 Å². The van der Waals surface area contributed by atoms with E-state index in [1.54, 1.807) is 0 Å². The molecule has 0 nitrogen and oxygen atoms in total. The van der Waals surface area contributed by atoms with Gasteiger partial charge >= 0.3 is 0 Å². The van der Waals surface area contributed by atoms with Crippen molar-refractivity contribution < 1.29 is 0 Å². The molecule has 1 atom stereocenters. The summed E-state index contributed by atoms with van der Waals surface area (Å²) in [6.07, 6.45) is 6.53. The van der Waals surface area contributed by atoms with Gasteiger partial charge in [-0.15, -0.1) is 0 Å². The zero-order valence-corrected chi connectivity index (χ0v) is 4.28. The van der Waals surface area contributed by atoms with Crippen molar-refractivity contribution in [3.8, 4) is 0 Å². The van der Waals surface area contributed by atoms with Gasteiger partial charge in [0.05, 0.1) is 0 Å². The molecule has 6 heavy (non-hydrogen) atoms. The Hall–Kier alpha value is 0. The first-order valence-electron chi connectivity index (χ1n) is 2.71. The fourth-order valence-electron chi connectivity index (χ4n) is 0.923. The van der Waals surface area contributed by atoms with Gasteiger partial charge in [0.1, 0.15) is 0 Å². The monoisotopic (exact) mass is 83.1 g/mol. The van der Waals surface area contributed by atoms with Gasteiger partial charge in [-0.05, 0) is 25.2 Å². The highest BCUT2D eigenvalue weighted by Gasteiger charge is 2.07. The van der Waals surface area contributed by atoms with Gasteiger partial charge in [0, 0.05) is 0 Å². The molecule has 0 aliphatic heterocycles. The maximum atomic E-state index is 2.38. The molecule has 0 aromatic rings. The van der Waals surface area contributed by atoms with Crippen LogP contribution in [0.1, 0.15) is 26.2 Å². The third-order valence-electron chi connectivity index (χ3n) is 1.43. The molecule has 0 heteroatoms. The molecule has 1 aliphatic carbocycles. The molecule has 0 saturated heterocycles. The molecule has 0 heterocycles. The van der Waals surface area contributed by atoms with Crippen LogP contribution in [0.2, 0.25) is 0 Å². The van der Waals surface area contributed by atoms with Crippen molar-refractivity contribution in [3.63, 3.8) is 0 Å². The lowest BCUT2D eigenvalue weighted by molar-refractivity contribution is 0.620. The molecule has 1 aliphatic rings. The Morgan fingerprint density at radius 1 is 1.67 bits per heavy atom. The van der Waals surface area contributed by atoms with Crippen molar-refractivity contribution in [1.82, 2.24) is 0 Å². The van der Waals surface area contributed by atoms with E-state index >= 15 is 0 Å². The van der Waals surface area contributed by atoms with Gasteiger partial charge < -0.3 is 0 Å². The minimum Gasteiger partial charge on any atom is -0.0625 e. The lowest BCUT2D eigenvalue weighted by Gasteiger charge is -1.91. The average molecular weight is 83.2 g/mol. The number of hydrogen-bond donors (Lipinski definition) is 0. The lowest BCUT2D eigenvalue weighted by atomic mass is 10.2. The van der Waals surface area contributed by atoms with Gasteiger partial charge in [-0.3, -0.25) is 0 Å². The molecule has 0 unspecified atom stereocenters. The van der Waals surface area contributed by atoms with Crippen LogP contribution in [0.5, 0.6) is 0 Å². The molecule has 1 radical (unpaired) electrons. The molecule has 0 amide bonds. The molecule has 0 aromatic heterocycles. The van der Waals surface area contributed by atoms with Crippen LogP contribution in [0.15, 0.2) is 0 Å². The summed E-state index contributed by atoms with van der Waals surface area (Å²) in [4.78, 5) is 0. The topological polar surface area (TPSA) is 0 Å². The molecule has 0 N–H and O–H groups in total. The maximum Gasteiger partial charge on any atom is -0.0383 e. The van der Waals surface area contributed by atoms with E-state index in [0.29, 0.717) is 0 Å². The Balaban J connectivity index is 2.18. The van der Waals surface area contributed by atoms with Gasteiger partial charge in [0.25, 0.3) is 0 Å². The van der Waals surface area contributed by atoms with Crippen molar-refractivity contribution in [2.45, 2.75) is 26.2 Å². The van der Waals surface area contributed by atoms with Gasteiger partial charge in [-0.25, -0.2) is 0 Å². The minimum atomic E-state index is 0.991. The minimum absolute atomic E-state index is 0.991. The van der Waals surface area contributed by atoms with E-state index in [4.69, 9.17) is 0 Å². The first-order valence-corrected chi connectivity index (χ1v) is 2.71. The number of rotatable bonds is 0. The zero-order valence-electron chi connectivity index (χ0n) is 4.28. The standard InChI is InChI=1S/C6H11/c1-6-4-2-3-5-6/h2,6H,3-5H2,1H3/t6-/m1/s1. The Morgan fingerprint density at radius 2 is 2.50 bits per heavy atom. The van der Waals surface area contributed by atoms with Crippen LogP contribution in [-0.4, -0.2) is 0 Å². The van der Waals surface area contributed by atoms with Crippen molar-refractivity contribution >= 4 is 0 Å². The van der Waals surface area contributed by atoms with Crippen LogP contribution >= 0.6 is 0 Å². The van der Waals surface area contributed by atoms with Gasteiger partial charge in [0.15, 0.2) is 0 Å². The fourth-order valence-corrected chi connectivity index (χ4v) is 0.923. The highest BCUT2D eigenvalue weighted by Crippen LogP contribution is 2.21. The van der Waals surface area contributed by atoms with Crippen LogP contribution in [0.3, 0.4) is 0 Å². The summed E-state index contributed by atoms with van der Waals surface area (Å²) in [5, 5.41) is 0. The quantitative estimate of drug-likeness (QED) is 0.420. The van der Waals surface area contributed by atoms with Crippen LogP contribution in [0.25, 0.3) is 0 Å². The van der Waals surface area contributed by atoms with Crippen LogP contribution < -0.4 is 0 Å². The lowest BCUT2D eigenvalue weighted by Crippen LogP contribution is -1.78. The van der Waals surface area contributed by atoms with Crippen LogP contribution in [-0.2, 0) is 0 Å². The van der Waals surface area contributed by atoms with E-state index in [0.717, 1.165) is 5.92 Å². The Labute approximate surface area is 39.6 Å². The SMILES string of the molecule is C[C@@H]1C[CH]CC1. The normalized spacial score (nSPS) is 25.5. The van der Waals surface area contributed by atoms with E-state index in [2.05, 4.69) is 13.3 Å². The second-order valence-electron chi connectivity index (χ2n) is 2.21. The highest BCUT2D eigenvalue weighted by atomic mass is 14.1. The molecule has 35 valence electrons. The first kappa shape index (κ1) is 4.17. The predicted molar refractivity (Wildman–Crippen MR) is 27.3 cm³/mol. The summed E-state index contributed by atoms with van der Waals surface area (Å²) in [5.74, 6) is 0.991.